The molecule has 1 N–H and O–H groups in total. The third-order valence-corrected chi connectivity index (χ3v) is 5.98. The van der Waals surface area contributed by atoms with Gasteiger partial charge in [-0.1, -0.05) is 30.3 Å². The summed E-state index contributed by atoms with van der Waals surface area (Å²) >= 11 is 0. The van der Waals surface area contributed by atoms with Crippen molar-refractivity contribution in [3.8, 4) is 5.75 Å². The minimum atomic E-state index is -3.80. The van der Waals surface area contributed by atoms with Crippen molar-refractivity contribution >= 4 is 27.3 Å². The zero-order valence-electron chi connectivity index (χ0n) is 15.5. The molecule has 0 bridgehead atoms. The van der Waals surface area contributed by atoms with Crippen LogP contribution in [0.1, 0.15) is 10.4 Å². The number of para-hydroxylation sites is 1. The van der Waals surface area contributed by atoms with E-state index in [2.05, 4.69) is 5.32 Å². The summed E-state index contributed by atoms with van der Waals surface area (Å²) in [6.45, 7) is 0. The first-order valence-electron chi connectivity index (χ1n) is 8.51. The van der Waals surface area contributed by atoms with Gasteiger partial charge in [0.25, 0.3) is 15.9 Å². The molecule has 0 fully saturated rings. The molecule has 3 aromatic carbocycles. The van der Waals surface area contributed by atoms with E-state index in [1.807, 2.05) is 6.07 Å². The Balaban J connectivity index is 1.86. The van der Waals surface area contributed by atoms with Crippen molar-refractivity contribution in [2.75, 3.05) is 23.8 Å². The van der Waals surface area contributed by atoms with Crippen LogP contribution in [-0.2, 0) is 10.0 Å². The lowest BCUT2D eigenvalue weighted by atomic mass is 10.2. The van der Waals surface area contributed by atoms with Crippen molar-refractivity contribution in [1.29, 1.82) is 0 Å². The van der Waals surface area contributed by atoms with Crippen LogP contribution in [0.3, 0.4) is 0 Å². The Morgan fingerprint density at radius 1 is 0.929 bits per heavy atom. The third kappa shape index (κ3) is 4.15. The molecule has 0 aliphatic carbocycles. The maximum absolute atomic E-state index is 12.9. The van der Waals surface area contributed by atoms with Crippen LogP contribution < -0.4 is 14.4 Å². The molecule has 0 aliphatic rings. The fourth-order valence-electron chi connectivity index (χ4n) is 2.64. The van der Waals surface area contributed by atoms with E-state index in [4.69, 9.17) is 4.74 Å². The van der Waals surface area contributed by atoms with E-state index in [-0.39, 0.29) is 10.5 Å². The summed E-state index contributed by atoms with van der Waals surface area (Å²) in [4.78, 5) is 12.6. The van der Waals surface area contributed by atoms with Crippen LogP contribution in [0.2, 0.25) is 0 Å². The quantitative estimate of drug-likeness (QED) is 0.688. The fourth-order valence-corrected chi connectivity index (χ4v) is 3.88. The highest BCUT2D eigenvalue weighted by Gasteiger charge is 2.22. The SMILES string of the molecule is COc1cccc(NC(=O)c2cccc(S(=O)(=O)N(C)c3ccccc3)c2)c1. The monoisotopic (exact) mass is 396 g/mol. The largest absolute Gasteiger partial charge is 0.497 e. The van der Waals surface area contributed by atoms with Gasteiger partial charge in [0.2, 0.25) is 0 Å². The average molecular weight is 396 g/mol. The van der Waals surface area contributed by atoms with E-state index in [1.165, 1.54) is 23.5 Å². The van der Waals surface area contributed by atoms with Gasteiger partial charge in [0.15, 0.2) is 0 Å². The molecular formula is C21H20N2O4S. The molecule has 1 amide bonds. The fraction of sp³-hybridized carbons (Fsp3) is 0.0952. The van der Waals surface area contributed by atoms with Crippen molar-refractivity contribution in [3.63, 3.8) is 0 Å². The Hall–Kier alpha value is -3.32. The number of anilines is 2. The maximum Gasteiger partial charge on any atom is 0.264 e. The number of amides is 1. The lowest BCUT2D eigenvalue weighted by Gasteiger charge is -2.19. The minimum absolute atomic E-state index is 0.0390. The Labute approximate surface area is 164 Å². The number of methoxy groups -OCH3 is 1. The van der Waals surface area contributed by atoms with Gasteiger partial charge in [-0.25, -0.2) is 8.42 Å². The summed E-state index contributed by atoms with van der Waals surface area (Å²) in [7, 11) is -0.778. The van der Waals surface area contributed by atoms with Crippen molar-refractivity contribution in [2.45, 2.75) is 4.90 Å². The highest BCUT2D eigenvalue weighted by atomic mass is 32.2. The Kier molecular flexibility index (Phi) is 5.65. The average Bonchev–Trinajstić information content (AvgIpc) is 2.74. The van der Waals surface area contributed by atoms with Gasteiger partial charge in [-0.3, -0.25) is 9.10 Å². The molecule has 0 unspecified atom stereocenters. The van der Waals surface area contributed by atoms with Crippen LogP contribution >= 0.6 is 0 Å². The summed E-state index contributed by atoms with van der Waals surface area (Å²) in [5.41, 5.74) is 1.33. The second-order valence-electron chi connectivity index (χ2n) is 6.02. The van der Waals surface area contributed by atoms with Gasteiger partial charge in [0.1, 0.15) is 5.75 Å². The highest BCUT2D eigenvalue weighted by Crippen LogP contribution is 2.23. The summed E-state index contributed by atoms with van der Waals surface area (Å²) in [6.07, 6.45) is 0. The molecule has 0 saturated carbocycles. The highest BCUT2D eigenvalue weighted by molar-refractivity contribution is 7.92. The number of ether oxygens (including phenoxy) is 1. The normalized spacial score (nSPS) is 10.9. The molecule has 0 aromatic heterocycles. The van der Waals surface area contributed by atoms with Crippen LogP contribution in [0, 0.1) is 0 Å². The molecule has 3 rings (SSSR count). The van der Waals surface area contributed by atoms with Gasteiger partial charge in [-0.2, -0.15) is 0 Å². The van der Waals surface area contributed by atoms with Gasteiger partial charge in [0, 0.05) is 24.4 Å². The van der Waals surface area contributed by atoms with Gasteiger partial charge < -0.3 is 10.1 Å². The first-order valence-corrected chi connectivity index (χ1v) is 9.95. The first-order chi connectivity index (χ1) is 13.4. The summed E-state index contributed by atoms with van der Waals surface area (Å²) in [5.74, 6) is 0.200. The molecule has 6 nitrogen and oxygen atoms in total. The molecular weight excluding hydrogens is 376 g/mol. The predicted octanol–water partition coefficient (Wildman–Crippen LogP) is 3.77. The van der Waals surface area contributed by atoms with Crippen molar-refractivity contribution in [1.82, 2.24) is 0 Å². The third-order valence-electron chi connectivity index (χ3n) is 4.20. The second kappa shape index (κ2) is 8.14. The molecule has 0 atom stereocenters. The van der Waals surface area contributed by atoms with E-state index in [0.29, 0.717) is 17.1 Å². The Morgan fingerprint density at radius 3 is 2.36 bits per heavy atom. The molecule has 0 aliphatic heterocycles. The zero-order chi connectivity index (χ0) is 20.1. The molecule has 0 saturated heterocycles. The first kappa shape index (κ1) is 19.4. The Morgan fingerprint density at radius 2 is 1.64 bits per heavy atom. The zero-order valence-corrected chi connectivity index (χ0v) is 16.3. The molecule has 7 heteroatoms. The molecule has 3 aromatic rings. The predicted molar refractivity (Wildman–Crippen MR) is 109 cm³/mol. The number of carbonyl (C=O) groups excluding carboxylic acids is 1. The molecule has 0 spiro atoms. The second-order valence-corrected chi connectivity index (χ2v) is 7.99. The van der Waals surface area contributed by atoms with Crippen LogP contribution in [0.4, 0.5) is 11.4 Å². The van der Waals surface area contributed by atoms with Crippen LogP contribution in [0.25, 0.3) is 0 Å². The standard InChI is InChI=1S/C21H20N2O4S/c1-23(18-10-4-3-5-11-18)28(25,26)20-13-6-8-16(14-20)21(24)22-17-9-7-12-19(15-17)27-2/h3-15H,1-2H3,(H,22,24). The Bertz CT molecular complexity index is 1080. The number of benzene rings is 3. The molecule has 0 radical (unpaired) electrons. The van der Waals surface area contributed by atoms with Crippen LogP contribution in [0.15, 0.2) is 83.8 Å². The van der Waals surface area contributed by atoms with E-state index in [0.717, 1.165) is 0 Å². The molecule has 0 heterocycles. The minimum Gasteiger partial charge on any atom is -0.497 e. The number of nitrogens with zero attached hydrogens (tertiary/aromatic N) is 1. The summed E-state index contributed by atoms with van der Waals surface area (Å²) in [5, 5.41) is 2.75. The van der Waals surface area contributed by atoms with Gasteiger partial charge in [0.05, 0.1) is 17.7 Å². The summed E-state index contributed by atoms with van der Waals surface area (Å²) < 4.78 is 32.2. The van der Waals surface area contributed by atoms with Crippen molar-refractivity contribution < 1.29 is 17.9 Å². The van der Waals surface area contributed by atoms with E-state index in [1.54, 1.807) is 67.8 Å². The maximum atomic E-state index is 12.9. The van der Waals surface area contributed by atoms with Crippen LogP contribution in [-0.4, -0.2) is 28.5 Å². The number of hydrogen-bond acceptors (Lipinski definition) is 4. The van der Waals surface area contributed by atoms with E-state index in [9.17, 15) is 13.2 Å². The number of rotatable bonds is 6. The van der Waals surface area contributed by atoms with Crippen LogP contribution in [0.5, 0.6) is 5.75 Å². The number of hydrogen-bond donors (Lipinski definition) is 1. The number of carbonyl (C=O) groups is 1. The number of nitrogens with one attached hydrogen (secondary N) is 1. The molecule has 144 valence electrons. The summed E-state index contributed by atoms with van der Waals surface area (Å²) in [6, 6.07) is 21.6. The molecule has 28 heavy (non-hydrogen) atoms. The lowest BCUT2D eigenvalue weighted by Crippen LogP contribution is -2.26. The van der Waals surface area contributed by atoms with Gasteiger partial charge in [-0.05, 0) is 42.5 Å². The van der Waals surface area contributed by atoms with Gasteiger partial charge >= 0.3 is 0 Å². The smallest absolute Gasteiger partial charge is 0.264 e. The van der Waals surface area contributed by atoms with Gasteiger partial charge in [-0.15, -0.1) is 0 Å². The number of sulfonamides is 1. The van der Waals surface area contributed by atoms with E-state index < -0.39 is 15.9 Å². The topological polar surface area (TPSA) is 75.7 Å². The van der Waals surface area contributed by atoms with Crippen molar-refractivity contribution in [2.24, 2.45) is 0 Å². The van der Waals surface area contributed by atoms with Crippen molar-refractivity contribution in [3.05, 3.63) is 84.4 Å². The van der Waals surface area contributed by atoms with E-state index >= 15 is 0 Å². The lowest BCUT2D eigenvalue weighted by molar-refractivity contribution is 0.102.